The minimum absolute atomic E-state index is 0.0103. The number of benzene rings is 2. The number of amides is 1. The number of fused-ring (bicyclic) bond motifs is 2. The van der Waals surface area contributed by atoms with Crippen molar-refractivity contribution in [3.8, 4) is 32.8 Å². The number of carbonyl (C=O) groups excluding carboxylic acids is 1. The quantitative estimate of drug-likeness (QED) is 0.196. The first-order chi connectivity index (χ1) is 20.4. The van der Waals surface area contributed by atoms with E-state index in [0.717, 1.165) is 53.6 Å². The van der Waals surface area contributed by atoms with Gasteiger partial charge in [0.2, 0.25) is 4.96 Å². The summed E-state index contributed by atoms with van der Waals surface area (Å²) in [6.07, 6.45) is 5.31. The van der Waals surface area contributed by atoms with Crippen molar-refractivity contribution in [3.05, 3.63) is 64.2 Å². The molecule has 12 heteroatoms. The Morgan fingerprint density at radius 1 is 1.10 bits per heavy atom. The van der Waals surface area contributed by atoms with Gasteiger partial charge in [0.15, 0.2) is 0 Å². The molecule has 1 amide bonds. The van der Waals surface area contributed by atoms with Crippen molar-refractivity contribution in [3.63, 3.8) is 0 Å². The van der Waals surface area contributed by atoms with E-state index >= 15 is 0 Å². The minimum Gasteiger partial charge on any atom is -0.497 e. The van der Waals surface area contributed by atoms with E-state index in [4.69, 9.17) is 24.4 Å². The maximum atomic E-state index is 12.7. The zero-order chi connectivity index (χ0) is 28.8. The highest BCUT2D eigenvalue weighted by Gasteiger charge is 2.25. The highest BCUT2D eigenvalue weighted by molar-refractivity contribution is 7.22. The molecular formula is C30H28N6O3S3. The minimum atomic E-state index is -0.0103. The number of ether oxygens (including phenoxy) is 2. The summed E-state index contributed by atoms with van der Waals surface area (Å²) in [7, 11) is 1.63. The van der Waals surface area contributed by atoms with Crippen molar-refractivity contribution in [2.75, 3.05) is 7.11 Å². The number of nitrogens with zero attached hydrogens (tertiary/aromatic N) is 5. The highest BCUT2D eigenvalue weighted by Crippen LogP contribution is 2.39. The molecule has 1 fully saturated rings. The molecule has 42 heavy (non-hydrogen) atoms. The maximum Gasteiger partial charge on any atom is 0.251 e. The number of rotatable bonds is 8. The number of aryl methyl sites for hydroxylation is 1. The number of hydrogen-bond donors (Lipinski definition) is 1. The molecule has 214 valence electrons. The van der Waals surface area contributed by atoms with Crippen LogP contribution in [0, 0.1) is 12.8 Å². The number of aromatic nitrogens is 5. The second kappa shape index (κ2) is 11.1. The van der Waals surface area contributed by atoms with Crippen LogP contribution in [0.3, 0.4) is 0 Å². The van der Waals surface area contributed by atoms with E-state index in [9.17, 15) is 4.79 Å². The Labute approximate surface area is 254 Å². The first kappa shape index (κ1) is 27.0. The lowest BCUT2D eigenvalue weighted by Crippen LogP contribution is -2.36. The van der Waals surface area contributed by atoms with E-state index in [1.54, 1.807) is 34.3 Å². The van der Waals surface area contributed by atoms with Gasteiger partial charge in [0.1, 0.15) is 38.8 Å². The lowest BCUT2D eigenvalue weighted by Gasteiger charge is -2.17. The third kappa shape index (κ3) is 5.25. The summed E-state index contributed by atoms with van der Waals surface area (Å²) in [6, 6.07) is 11.7. The monoisotopic (exact) mass is 616 g/mol. The summed E-state index contributed by atoms with van der Waals surface area (Å²) in [6.45, 7) is 4.47. The highest BCUT2D eigenvalue weighted by atomic mass is 32.1. The Kier molecular flexibility index (Phi) is 7.12. The van der Waals surface area contributed by atoms with Crippen LogP contribution < -0.4 is 14.8 Å². The van der Waals surface area contributed by atoms with Gasteiger partial charge < -0.3 is 14.8 Å². The van der Waals surface area contributed by atoms with Crippen molar-refractivity contribution < 1.29 is 14.3 Å². The normalized spacial score (nSPS) is 16.8. The molecule has 0 bridgehead atoms. The molecule has 1 aliphatic carbocycles. The van der Waals surface area contributed by atoms with Gasteiger partial charge in [-0.2, -0.15) is 5.10 Å². The van der Waals surface area contributed by atoms with Crippen LogP contribution in [0.15, 0.2) is 48.0 Å². The van der Waals surface area contributed by atoms with Gasteiger partial charge in [0.25, 0.3) is 5.91 Å². The molecule has 4 aromatic heterocycles. The number of thiazole rings is 2. The van der Waals surface area contributed by atoms with Crippen LogP contribution in [0.4, 0.5) is 0 Å². The molecule has 1 aliphatic rings. The van der Waals surface area contributed by atoms with Crippen molar-refractivity contribution in [1.29, 1.82) is 0 Å². The Morgan fingerprint density at radius 3 is 2.71 bits per heavy atom. The molecule has 0 radical (unpaired) electrons. The lowest BCUT2D eigenvalue weighted by molar-refractivity contribution is 0.0929. The third-order valence-electron chi connectivity index (χ3n) is 7.53. The van der Waals surface area contributed by atoms with E-state index in [-0.39, 0.29) is 11.9 Å². The Hall–Kier alpha value is -3.87. The molecule has 0 aliphatic heterocycles. The summed E-state index contributed by atoms with van der Waals surface area (Å²) in [5.41, 5.74) is 4.03. The number of methoxy groups -OCH3 is 1. The molecule has 0 unspecified atom stereocenters. The second-order valence-electron chi connectivity index (χ2n) is 10.5. The molecule has 4 heterocycles. The smallest absolute Gasteiger partial charge is 0.251 e. The topological polar surface area (TPSA) is 104 Å². The van der Waals surface area contributed by atoms with Gasteiger partial charge in [0.05, 0.1) is 29.2 Å². The molecule has 2 atom stereocenters. The average Bonchev–Trinajstić information content (AvgIpc) is 3.81. The zero-order valence-electron chi connectivity index (χ0n) is 23.3. The average molecular weight is 617 g/mol. The van der Waals surface area contributed by atoms with E-state index in [0.29, 0.717) is 29.6 Å². The fourth-order valence-corrected chi connectivity index (χ4v) is 7.75. The first-order valence-corrected chi connectivity index (χ1v) is 16.2. The predicted octanol–water partition coefficient (Wildman–Crippen LogP) is 7.01. The van der Waals surface area contributed by atoms with Gasteiger partial charge >= 0.3 is 0 Å². The SMILES string of the molecule is COc1cc(OCc2csc(-c3ccc(C(=O)N[C@H]4CCC[C@@H]4C)cc3)n2)c2sc(-c3cn4nc(C)sc4n3)nc2c1. The number of hydrogen-bond acceptors (Lipinski definition) is 10. The van der Waals surface area contributed by atoms with Gasteiger partial charge in [-0.05, 0) is 37.8 Å². The van der Waals surface area contributed by atoms with Crippen molar-refractivity contribution >= 4 is 55.1 Å². The molecule has 7 rings (SSSR count). The summed E-state index contributed by atoms with van der Waals surface area (Å²) < 4.78 is 14.5. The fourth-order valence-electron chi connectivity index (χ4n) is 5.25. The Balaban J connectivity index is 1.06. The van der Waals surface area contributed by atoms with E-state index in [2.05, 4.69) is 17.3 Å². The number of imidazole rings is 1. The standard InChI is InChI=1S/C30H28N6O3S3/c1-16-5-4-6-22(16)32-27(37)18-7-9-19(10-8-18)28-31-20(15-40-28)14-39-25-12-21(38-3)11-23-26(25)42-29(33-23)24-13-36-30(34-24)41-17(2)35-36/h7-13,15-16,22H,4-6,14H2,1-3H3,(H,32,37)/t16-,22-/m0/s1. The molecule has 2 aromatic carbocycles. The van der Waals surface area contributed by atoms with Gasteiger partial charge in [-0.3, -0.25) is 4.79 Å². The van der Waals surface area contributed by atoms with E-state index in [1.807, 2.05) is 54.9 Å². The molecule has 6 aromatic rings. The Morgan fingerprint density at radius 2 is 1.95 bits per heavy atom. The first-order valence-electron chi connectivity index (χ1n) is 13.7. The van der Waals surface area contributed by atoms with Gasteiger partial charge in [-0.15, -0.1) is 22.7 Å². The molecule has 9 nitrogen and oxygen atoms in total. The van der Waals surface area contributed by atoms with Crippen molar-refractivity contribution in [2.45, 2.75) is 45.8 Å². The molecule has 0 spiro atoms. The van der Waals surface area contributed by atoms with Crippen LogP contribution in [-0.2, 0) is 6.61 Å². The molecule has 1 N–H and O–H groups in total. The van der Waals surface area contributed by atoms with Crippen LogP contribution >= 0.6 is 34.0 Å². The molecular weight excluding hydrogens is 589 g/mol. The van der Waals surface area contributed by atoms with Crippen molar-refractivity contribution in [1.82, 2.24) is 29.9 Å². The van der Waals surface area contributed by atoms with Crippen LogP contribution in [0.2, 0.25) is 0 Å². The van der Waals surface area contributed by atoms with Crippen LogP contribution in [0.25, 0.3) is 36.5 Å². The summed E-state index contributed by atoms with van der Waals surface area (Å²) in [5.74, 6) is 1.88. The van der Waals surface area contributed by atoms with Crippen molar-refractivity contribution in [2.24, 2.45) is 5.92 Å². The zero-order valence-corrected chi connectivity index (χ0v) is 25.7. The number of carbonyl (C=O) groups is 1. The van der Waals surface area contributed by atoms with Crippen LogP contribution in [0.1, 0.15) is 47.2 Å². The second-order valence-corrected chi connectivity index (χ2v) is 13.5. The van der Waals surface area contributed by atoms with Gasteiger partial charge in [-0.25, -0.2) is 19.5 Å². The maximum absolute atomic E-state index is 12.7. The van der Waals surface area contributed by atoms with E-state index in [1.165, 1.54) is 24.2 Å². The Bertz CT molecular complexity index is 1870. The largest absolute Gasteiger partial charge is 0.497 e. The number of nitrogens with one attached hydrogen (secondary N) is 1. The lowest BCUT2D eigenvalue weighted by atomic mass is 10.1. The van der Waals surface area contributed by atoms with E-state index < -0.39 is 0 Å². The molecule has 1 saturated carbocycles. The van der Waals surface area contributed by atoms with Gasteiger partial charge in [0, 0.05) is 34.7 Å². The predicted molar refractivity (Wildman–Crippen MR) is 167 cm³/mol. The fraction of sp³-hybridized carbons (Fsp3) is 0.300. The van der Waals surface area contributed by atoms with Crippen LogP contribution in [-0.4, -0.2) is 43.6 Å². The molecule has 0 saturated heterocycles. The van der Waals surface area contributed by atoms with Gasteiger partial charge in [-0.1, -0.05) is 36.8 Å². The summed E-state index contributed by atoms with van der Waals surface area (Å²) in [5, 5.41) is 12.3. The summed E-state index contributed by atoms with van der Waals surface area (Å²) in [4.78, 5) is 27.9. The summed E-state index contributed by atoms with van der Waals surface area (Å²) >= 11 is 4.63. The third-order valence-corrected chi connectivity index (χ3v) is 10.4. The van der Waals surface area contributed by atoms with Crippen LogP contribution in [0.5, 0.6) is 11.5 Å².